The number of nitrogens with zero attached hydrogens (tertiary/aromatic N) is 1. The van der Waals surface area contributed by atoms with E-state index in [-0.39, 0.29) is 42.7 Å². The molecular formula is C58H92NO7+. The lowest BCUT2D eigenvalue weighted by atomic mass is 10.1. The maximum absolute atomic E-state index is 12.8. The van der Waals surface area contributed by atoms with Gasteiger partial charge in [-0.05, 0) is 103 Å². The zero-order valence-electron chi connectivity index (χ0n) is 42.1. The number of esters is 2. The maximum atomic E-state index is 12.8. The van der Waals surface area contributed by atoms with Gasteiger partial charge in [-0.3, -0.25) is 9.59 Å². The van der Waals surface area contributed by atoms with Gasteiger partial charge in [-0.25, -0.2) is 4.79 Å². The predicted octanol–water partition coefficient (Wildman–Crippen LogP) is 14.7. The second-order valence-corrected chi connectivity index (χ2v) is 17.3. The van der Waals surface area contributed by atoms with Crippen LogP contribution in [0.2, 0.25) is 0 Å². The number of likely N-dealkylation sites (N-methyl/N-ethyl adjacent to an activating group) is 1. The quantitative estimate of drug-likeness (QED) is 0.0281. The Morgan fingerprint density at radius 1 is 0.455 bits per heavy atom. The van der Waals surface area contributed by atoms with Crippen LogP contribution in [0.15, 0.2) is 134 Å². The highest BCUT2D eigenvalue weighted by atomic mass is 16.6. The number of carboxylic acids is 1. The molecule has 370 valence electrons. The Bertz CT molecular complexity index is 1530. The third kappa shape index (κ3) is 44.7. The molecule has 0 radical (unpaired) electrons. The van der Waals surface area contributed by atoms with Gasteiger partial charge in [0.2, 0.25) is 0 Å². The molecule has 0 aliphatic rings. The Balaban J connectivity index is 4.43. The molecule has 1 N–H and O–H groups in total. The van der Waals surface area contributed by atoms with Crippen LogP contribution >= 0.6 is 0 Å². The Morgan fingerprint density at radius 3 is 1.23 bits per heavy atom. The van der Waals surface area contributed by atoms with E-state index in [0.717, 1.165) is 116 Å². The summed E-state index contributed by atoms with van der Waals surface area (Å²) in [5.41, 5.74) is 0. The summed E-state index contributed by atoms with van der Waals surface area (Å²) in [5.74, 6) is -1.58. The molecule has 66 heavy (non-hydrogen) atoms. The number of unbranched alkanes of at least 4 members (excludes halogenated alkanes) is 7. The monoisotopic (exact) mass is 915 g/mol. The third-order valence-corrected chi connectivity index (χ3v) is 10.3. The molecule has 0 saturated carbocycles. The third-order valence-electron chi connectivity index (χ3n) is 10.3. The topological polar surface area (TPSA) is 99.1 Å². The van der Waals surface area contributed by atoms with Crippen molar-refractivity contribution in [3.05, 3.63) is 134 Å². The molecule has 8 nitrogen and oxygen atoms in total. The largest absolute Gasteiger partial charge is 0.477 e. The summed E-state index contributed by atoms with van der Waals surface area (Å²) in [7, 11) is 5.50. The highest BCUT2D eigenvalue weighted by Crippen LogP contribution is 2.12. The standard InChI is InChI=1S/C58H91NO7/c1-6-8-10-12-14-16-18-20-22-24-26-28-29-31-33-35-37-39-41-43-45-47-49-57(61)66-54(52-64-51-50-55(58(62)63)59(3,4)5)53-65-56(60)48-46-44-42-40-38-36-34-32-30-27-25-23-21-19-17-15-13-11-9-7-2/h8-11,14-17,20-23,26-28,30-31,33-34,36,40,42,54-55H,6-7,12-13,18-19,24-25,29,32,35,37-39,41,43-53H2,1-5H3/p+1/b10-8+,11-9+,16-14+,17-15+,22-20+,23-21+,28-26+,30-27+,33-31+,36-34+,42-40+. The van der Waals surface area contributed by atoms with Crippen LogP contribution in [0.25, 0.3) is 0 Å². The molecule has 0 amide bonds. The number of carbonyl (C=O) groups is 3. The van der Waals surface area contributed by atoms with E-state index >= 15 is 0 Å². The normalized spacial score (nSPS) is 14.0. The van der Waals surface area contributed by atoms with Gasteiger partial charge in [0.05, 0.1) is 34.4 Å². The number of carboxylic acid groups (broad SMARTS) is 1. The van der Waals surface area contributed by atoms with Crippen molar-refractivity contribution in [2.24, 2.45) is 0 Å². The fourth-order valence-corrected chi connectivity index (χ4v) is 6.48. The van der Waals surface area contributed by atoms with Crippen molar-refractivity contribution < 1.29 is 38.2 Å². The van der Waals surface area contributed by atoms with Crippen LogP contribution in [-0.4, -0.2) is 80.6 Å². The minimum absolute atomic E-state index is 0.0267. The van der Waals surface area contributed by atoms with E-state index in [1.165, 1.54) is 6.42 Å². The molecule has 2 unspecified atom stereocenters. The lowest BCUT2D eigenvalue weighted by molar-refractivity contribution is -0.887. The first-order valence-corrected chi connectivity index (χ1v) is 25.2. The molecule has 0 spiro atoms. The number of hydrogen-bond donors (Lipinski definition) is 1. The average molecular weight is 915 g/mol. The van der Waals surface area contributed by atoms with Gasteiger partial charge >= 0.3 is 17.9 Å². The summed E-state index contributed by atoms with van der Waals surface area (Å²) >= 11 is 0. The van der Waals surface area contributed by atoms with Gasteiger partial charge in [0.1, 0.15) is 6.61 Å². The first kappa shape index (κ1) is 61.5. The van der Waals surface area contributed by atoms with E-state index < -0.39 is 18.1 Å². The van der Waals surface area contributed by atoms with Crippen molar-refractivity contribution in [1.82, 2.24) is 0 Å². The van der Waals surface area contributed by atoms with E-state index in [0.29, 0.717) is 19.3 Å². The molecule has 0 rings (SSSR count). The summed E-state index contributed by atoms with van der Waals surface area (Å²) in [6, 6.07) is -0.636. The minimum atomic E-state index is -0.891. The van der Waals surface area contributed by atoms with Crippen molar-refractivity contribution in [2.45, 2.75) is 174 Å². The second kappa shape index (κ2) is 47.0. The molecular weight excluding hydrogens is 823 g/mol. The fraction of sp³-hybridized carbons (Fsp3) is 0.569. The van der Waals surface area contributed by atoms with E-state index in [1.54, 1.807) is 0 Å². The van der Waals surface area contributed by atoms with Gasteiger partial charge in [-0.2, -0.15) is 0 Å². The lowest BCUT2D eigenvalue weighted by Crippen LogP contribution is -2.50. The molecule has 0 fully saturated rings. The average Bonchev–Trinajstić information content (AvgIpc) is 3.28. The molecule has 0 saturated heterocycles. The highest BCUT2D eigenvalue weighted by molar-refractivity contribution is 5.72. The highest BCUT2D eigenvalue weighted by Gasteiger charge is 2.31. The van der Waals surface area contributed by atoms with E-state index in [2.05, 4.69) is 148 Å². The van der Waals surface area contributed by atoms with E-state index in [9.17, 15) is 19.5 Å². The second-order valence-electron chi connectivity index (χ2n) is 17.3. The number of aliphatic carboxylic acids is 1. The zero-order chi connectivity index (χ0) is 48.4. The van der Waals surface area contributed by atoms with Crippen LogP contribution in [0.1, 0.15) is 162 Å². The molecule has 2 atom stereocenters. The zero-order valence-corrected chi connectivity index (χ0v) is 42.1. The summed E-state index contributed by atoms with van der Waals surface area (Å²) in [4.78, 5) is 37.2. The van der Waals surface area contributed by atoms with Crippen LogP contribution < -0.4 is 0 Å². The SMILES string of the molecule is CC/C=C/C/C=C/C/C=C/C/C=C/C/C=C/C/C=C/CCCC(=O)OCC(COCCC(C(=O)O)[N+](C)(C)C)OC(=O)CCCCCCCC/C=C/C/C=C/C/C=C/C/C=C/C/C=C/CC. The molecule has 0 aromatic carbocycles. The van der Waals surface area contributed by atoms with Crippen LogP contribution in [0.5, 0.6) is 0 Å². The van der Waals surface area contributed by atoms with E-state index in [1.807, 2.05) is 21.1 Å². The van der Waals surface area contributed by atoms with Crippen LogP contribution in [0.4, 0.5) is 0 Å². The molecule has 0 aliphatic heterocycles. The smallest absolute Gasteiger partial charge is 0.362 e. The van der Waals surface area contributed by atoms with Gasteiger partial charge < -0.3 is 23.8 Å². The Kier molecular flexibility index (Phi) is 43.8. The fourth-order valence-electron chi connectivity index (χ4n) is 6.48. The Hall–Kier alpha value is -4.53. The van der Waals surface area contributed by atoms with Gasteiger partial charge in [-0.15, -0.1) is 0 Å². The molecule has 0 bridgehead atoms. The first-order chi connectivity index (χ1) is 32.1. The molecule has 8 heteroatoms. The summed E-state index contributed by atoms with van der Waals surface area (Å²) < 4.78 is 17.3. The molecule has 0 aromatic rings. The predicted molar refractivity (Wildman–Crippen MR) is 279 cm³/mol. The van der Waals surface area contributed by atoms with Crippen LogP contribution in [-0.2, 0) is 28.6 Å². The Labute approximate surface area is 403 Å². The van der Waals surface area contributed by atoms with Gasteiger partial charge in [-0.1, -0.05) is 173 Å². The van der Waals surface area contributed by atoms with Crippen LogP contribution in [0, 0.1) is 0 Å². The number of rotatable bonds is 43. The minimum Gasteiger partial charge on any atom is -0.477 e. The Morgan fingerprint density at radius 2 is 0.818 bits per heavy atom. The van der Waals surface area contributed by atoms with Crippen molar-refractivity contribution in [2.75, 3.05) is 41.0 Å². The number of ether oxygens (including phenoxy) is 3. The van der Waals surface area contributed by atoms with E-state index in [4.69, 9.17) is 14.2 Å². The summed E-state index contributed by atoms with van der Waals surface area (Å²) in [6.45, 7) is 4.41. The summed E-state index contributed by atoms with van der Waals surface area (Å²) in [6.07, 6.45) is 67.9. The molecule has 0 aromatic heterocycles. The maximum Gasteiger partial charge on any atom is 0.362 e. The van der Waals surface area contributed by atoms with Gasteiger partial charge in [0.25, 0.3) is 0 Å². The van der Waals surface area contributed by atoms with Crippen molar-refractivity contribution in [3.63, 3.8) is 0 Å². The van der Waals surface area contributed by atoms with Gasteiger partial charge in [0.15, 0.2) is 12.1 Å². The number of carbonyl (C=O) groups excluding carboxylic acids is 2. The molecule has 0 heterocycles. The first-order valence-electron chi connectivity index (χ1n) is 25.2. The number of allylic oxidation sites excluding steroid dienone is 22. The van der Waals surface area contributed by atoms with Crippen molar-refractivity contribution in [3.8, 4) is 0 Å². The lowest BCUT2D eigenvalue weighted by Gasteiger charge is -2.31. The van der Waals surface area contributed by atoms with Crippen molar-refractivity contribution >= 4 is 17.9 Å². The number of quaternary nitrogens is 1. The number of hydrogen-bond acceptors (Lipinski definition) is 6. The van der Waals surface area contributed by atoms with Crippen molar-refractivity contribution in [1.29, 1.82) is 0 Å². The molecule has 0 aliphatic carbocycles. The van der Waals surface area contributed by atoms with Crippen LogP contribution in [0.3, 0.4) is 0 Å². The van der Waals surface area contributed by atoms with Gasteiger partial charge in [0, 0.05) is 19.3 Å². The summed E-state index contributed by atoms with van der Waals surface area (Å²) in [5, 5.41) is 9.65.